The van der Waals surface area contributed by atoms with E-state index in [-0.39, 0.29) is 11.9 Å². The third-order valence-corrected chi connectivity index (χ3v) is 1.46. The second-order valence-corrected chi connectivity index (χ2v) is 3.09. The number of amides is 1. The number of hydrogen-bond acceptors (Lipinski definition) is 1. The predicted molar refractivity (Wildman–Crippen MR) is 47.8 cm³/mol. The molecule has 1 rings (SSSR count). The molecule has 0 aromatic carbocycles. The topological polar surface area (TPSA) is 44.9 Å². The first kappa shape index (κ1) is 8.84. The normalized spacial score (nSPS) is 10.2. The zero-order chi connectivity index (χ0) is 8.97. The summed E-state index contributed by atoms with van der Waals surface area (Å²) < 4.78 is 0. The van der Waals surface area contributed by atoms with E-state index in [0.717, 1.165) is 5.69 Å². The van der Waals surface area contributed by atoms with Gasteiger partial charge in [0.2, 0.25) is 5.91 Å². The Balaban J connectivity index is 2.37. The average Bonchev–Trinajstić information content (AvgIpc) is 2.37. The molecule has 0 saturated carbocycles. The molecular formula is C9H14N2O. The smallest absolute Gasteiger partial charge is 0.226 e. The van der Waals surface area contributed by atoms with Gasteiger partial charge in [-0.25, -0.2) is 0 Å². The molecule has 0 bridgehead atoms. The Hall–Kier alpha value is -1.25. The zero-order valence-corrected chi connectivity index (χ0v) is 7.42. The van der Waals surface area contributed by atoms with E-state index in [2.05, 4.69) is 10.3 Å². The molecule has 0 unspecified atom stereocenters. The van der Waals surface area contributed by atoms with Gasteiger partial charge >= 0.3 is 0 Å². The fourth-order valence-electron chi connectivity index (χ4n) is 1.02. The Morgan fingerprint density at radius 2 is 2.42 bits per heavy atom. The van der Waals surface area contributed by atoms with Crippen molar-refractivity contribution in [3.63, 3.8) is 0 Å². The van der Waals surface area contributed by atoms with Crippen LogP contribution in [0.15, 0.2) is 18.3 Å². The molecule has 1 aromatic heterocycles. The summed E-state index contributed by atoms with van der Waals surface area (Å²) in [4.78, 5) is 14.2. The van der Waals surface area contributed by atoms with Crippen LogP contribution in [-0.2, 0) is 11.2 Å². The number of hydrogen-bond donors (Lipinski definition) is 2. The van der Waals surface area contributed by atoms with Gasteiger partial charge in [0.1, 0.15) is 0 Å². The molecule has 3 nitrogen and oxygen atoms in total. The average molecular weight is 166 g/mol. The van der Waals surface area contributed by atoms with Crippen molar-refractivity contribution < 1.29 is 4.79 Å². The second-order valence-electron chi connectivity index (χ2n) is 3.09. The summed E-state index contributed by atoms with van der Waals surface area (Å²) in [5, 5.41) is 2.82. The zero-order valence-electron chi connectivity index (χ0n) is 7.42. The van der Waals surface area contributed by atoms with Crippen molar-refractivity contribution in [3.05, 3.63) is 24.0 Å². The molecule has 0 radical (unpaired) electrons. The molecule has 0 fully saturated rings. The molecule has 0 aliphatic heterocycles. The van der Waals surface area contributed by atoms with Crippen LogP contribution in [0.25, 0.3) is 0 Å². The van der Waals surface area contributed by atoms with Gasteiger partial charge in [0, 0.05) is 17.9 Å². The maximum Gasteiger partial charge on any atom is 0.226 e. The third-order valence-electron chi connectivity index (χ3n) is 1.46. The lowest BCUT2D eigenvalue weighted by atomic mass is 10.3. The van der Waals surface area contributed by atoms with Crippen LogP contribution in [0.4, 0.5) is 0 Å². The van der Waals surface area contributed by atoms with E-state index < -0.39 is 0 Å². The lowest BCUT2D eigenvalue weighted by Crippen LogP contribution is -2.31. The quantitative estimate of drug-likeness (QED) is 0.693. The number of aromatic amines is 1. The summed E-state index contributed by atoms with van der Waals surface area (Å²) in [5.74, 6) is 0.0625. The lowest BCUT2D eigenvalue weighted by molar-refractivity contribution is -0.120. The highest BCUT2D eigenvalue weighted by atomic mass is 16.1. The number of nitrogens with one attached hydrogen (secondary N) is 2. The Kier molecular flexibility index (Phi) is 2.91. The molecule has 3 heteroatoms. The van der Waals surface area contributed by atoms with Crippen molar-refractivity contribution in [2.24, 2.45) is 0 Å². The highest BCUT2D eigenvalue weighted by molar-refractivity contribution is 5.78. The fraction of sp³-hybridized carbons (Fsp3) is 0.444. The fourth-order valence-corrected chi connectivity index (χ4v) is 1.02. The third kappa shape index (κ3) is 2.78. The highest BCUT2D eigenvalue weighted by Gasteiger charge is 2.03. The van der Waals surface area contributed by atoms with Gasteiger partial charge in [0.05, 0.1) is 6.42 Å². The van der Waals surface area contributed by atoms with Crippen LogP contribution in [-0.4, -0.2) is 16.9 Å². The predicted octanol–water partition coefficient (Wildman–Crippen LogP) is 1.08. The van der Waals surface area contributed by atoms with E-state index in [1.807, 2.05) is 32.2 Å². The van der Waals surface area contributed by atoms with E-state index in [0.29, 0.717) is 6.42 Å². The molecule has 0 aliphatic carbocycles. The summed E-state index contributed by atoms with van der Waals surface area (Å²) in [6, 6.07) is 4.00. The summed E-state index contributed by atoms with van der Waals surface area (Å²) in [7, 11) is 0. The molecule has 0 atom stereocenters. The van der Waals surface area contributed by atoms with Crippen molar-refractivity contribution in [1.29, 1.82) is 0 Å². The molecule has 0 aliphatic rings. The molecule has 66 valence electrons. The SMILES string of the molecule is CC(C)NC(=O)Cc1ccc[nH]1. The standard InChI is InChI=1S/C9H14N2O/c1-7(2)11-9(12)6-8-4-3-5-10-8/h3-5,7,10H,6H2,1-2H3,(H,11,12). The number of aromatic nitrogens is 1. The number of H-pyrrole nitrogens is 1. The molecule has 12 heavy (non-hydrogen) atoms. The second kappa shape index (κ2) is 3.95. The number of carbonyl (C=O) groups is 1. The first-order valence-electron chi connectivity index (χ1n) is 4.10. The van der Waals surface area contributed by atoms with Crippen molar-refractivity contribution >= 4 is 5.91 Å². The summed E-state index contributed by atoms with van der Waals surface area (Å²) in [6.07, 6.45) is 2.25. The van der Waals surface area contributed by atoms with Gasteiger partial charge in [0.25, 0.3) is 0 Å². The van der Waals surface area contributed by atoms with Gasteiger partial charge < -0.3 is 10.3 Å². The van der Waals surface area contributed by atoms with Gasteiger partial charge in [0.15, 0.2) is 0 Å². The van der Waals surface area contributed by atoms with Crippen LogP contribution in [0.1, 0.15) is 19.5 Å². The first-order valence-corrected chi connectivity index (χ1v) is 4.10. The van der Waals surface area contributed by atoms with Crippen molar-refractivity contribution in [2.45, 2.75) is 26.3 Å². The van der Waals surface area contributed by atoms with E-state index in [1.165, 1.54) is 0 Å². The Bertz CT molecular complexity index is 239. The highest BCUT2D eigenvalue weighted by Crippen LogP contribution is 1.95. The molecule has 0 saturated heterocycles. The van der Waals surface area contributed by atoms with Gasteiger partial charge in [-0.15, -0.1) is 0 Å². The van der Waals surface area contributed by atoms with Crippen LogP contribution < -0.4 is 5.32 Å². The van der Waals surface area contributed by atoms with Gasteiger partial charge in [-0.3, -0.25) is 4.79 Å². The van der Waals surface area contributed by atoms with E-state index >= 15 is 0 Å². The van der Waals surface area contributed by atoms with Crippen LogP contribution in [0.3, 0.4) is 0 Å². The van der Waals surface area contributed by atoms with E-state index in [9.17, 15) is 4.79 Å². The Labute approximate surface area is 72.2 Å². The monoisotopic (exact) mass is 166 g/mol. The Morgan fingerprint density at radius 1 is 1.67 bits per heavy atom. The Morgan fingerprint density at radius 3 is 2.92 bits per heavy atom. The van der Waals surface area contributed by atoms with E-state index in [4.69, 9.17) is 0 Å². The van der Waals surface area contributed by atoms with Crippen LogP contribution in [0.2, 0.25) is 0 Å². The summed E-state index contributed by atoms with van der Waals surface area (Å²) >= 11 is 0. The first-order chi connectivity index (χ1) is 5.68. The minimum atomic E-state index is 0.0625. The summed E-state index contributed by atoms with van der Waals surface area (Å²) in [5.41, 5.74) is 0.952. The molecule has 1 heterocycles. The number of rotatable bonds is 3. The molecule has 2 N–H and O–H groups in total. The maximum absolute atomic E-state index is 11.2. The largest absolute Gasteiger partial charge is 0.365 e. The minimum absolute atomic E-state index is 0.0625. The van der Waals surface area contributed by atoms with Gasteiger partial charge in [-0.2, -0.15) is 0 Å². The van der Waals surface area contributed by atoms with Crippen LogP contribution in [0, 0.1) is 0 Å². The van der Waals surface area contributed by atoms with Crippen LogP contribution in [0.5, 0.6) is 0 Å². The van der Waals surface area contributed by atoms with Crippen molar-refractivity contribution in [3.8, 4) is 0 Å². The van der Waals surface area contributed by atoms with Gasteiger partial charge in [-0.1, -0.05) is 0 Å². The molecule has 0 spiro atoms. The van der Waals surface area contributed by atoms with Crippen molar-refractivity contribution in [2.75, 3.05) is 0 Å². The number of carbonyl (C=O) groups excluding carboxylic acids is 1. The van der Waals surface area contributed by atoms with Gasteiger partial charge in [-0.05, 0) is 26.0 Å². The molecule has 1 aromatic rings. The van der Waals surface area contributed by atoms with E-state index in [1.54, 1.807) is 0 Å². The summed E-state index contributed by atoms with van der Waals surface area (Å²) in [6.45, 7) is 3.90. The lowest BCUT2D eigenvalue weighted by Gasteiger charge is -2.06. The van der Waals surface area contributed by atoms with Crippen molar-refractivity contribution in [1.82, 2.24) is 10.3 Å². The molecule has 1 amide bonds. The molecular weight excluding hydrogens is 152 g/mol. The van der Waals surface area contributed by atoms with Crippen LogP contribution >= 0.6 is 0 Å². The minimum Gasteiger partial charge on any atom is -0.365 e. The maximum atomic E-state index is 11.2.